The van der Waals surface area contributed by atoms with Crippen molar-refractivity contribution < 1.29 is 19.4 Å². The number of benzene rings is 1. The fourth-order valence-corrected chi connectivity index (χ4v) is 1.69. The maximum absolute atomic E-state index is 10.9. The lowest BCUT2D eigenvalue weighted by Gasteiger charge is -2.09. The predicted octanol–water partition coefficient (Wildman–Crippen LogP) is 1.02. The Hall–Kier alpha value is -3.23. The van der Waals surface area contributed by atoms with Gasteiger partial charge in [-0.1, -0.05) is 0 Å². The Kier molecular flexibility index (Phi) is 3.07. The molecule has 0 radical (unpaired) electrons. The number of carboxylic acid groups (broad SMARTS) is 1. The van der Waals surface area contributed by atoms with E-state index in [2.05, 4.69) is 20.6 Å². The molecule has 0 fully saturated rings. The third-order valence-electron chi connectivity index (χ3n) is 2.67. The van der Waals surface area contributed by atoms with Crippen LogP contribution in [0.3, 0.4) is 0 Å². The summed E-state index contributed by atoms with van der Waals surface area (Å²) in [6, 6.07) is 7.51. The standard InChI is InChI=1S/C12H9N5O4/c1-20-9-6-7(12(18)19)2-3-8(9)21-11-5-4-10-13-15-16-17(10)14-11/h2-6H,1H3,(H,18,19). The molecule has 0 bridgehead atoms. The lowest BCUT2D eigenvalue weighted by molar-refractivity contribution is 0.0696. The molecule has 9 heteroatoms. The van der Waals surface area contributed by atoms with Gasteiger partial charge < -0.3 is 14.6 Å². The first-order valence-corrected chi connectivity index (χ1v) is 5.82. The highest BCUT2D eigenvalue weighted by Gasteiger charge is 2.12. The van der Waals surface area contributed by atoms with Gasteiger partial charge in [-0.3, -0.25) is 0 Å². The van der Waals surface area contributed by atoms with Crippen molar-refractivity contribution in [3.63, 3.8) is 0 Å². The van der Waals surface area contributed by atoms with Crippen LogP contribution < -0.4 is 9.47 Å². The summed E-state index contributed by atoms with van der Waals surface area (Å²) < 4.78 is 11.9. The van der Waals surface area contributed by atoms with Crippen LogP contribution in [-0.2, 0) is 0 Å². The summed E-state index contributed by atoms with van der Waals surface area (Å²) in [5.74, 6) is -0.180. The molecule has 0 spiro atoms. The third kappa shape index (κ3) is 2.43. The van der Waals surface area contributed by atoms with E-state index in [1.807, 2.05) is 0 Å². The lowest BCUT2D eigenvalue weighted by atomic mass is 10.2. The van der Waals surface area contributed by atoms with Gasteiger partial charge in [-0.25, -0.2) is 4.79 Å². The molecule has 1 N–H and O–H groups in total. The molecule has 2 aromatic heterocycles. The van der Waals surface area contributed by atoms with Crippen molar-refractivity contribution in [1.29, 1.82) is 0 Å². The maximum Gasteiger partial charge on any atom is 0.335 e. The Balaban J connectivity index is 1.94. The number of fused-ring (bicyclic) bond motifs is 1. The molecule has 2 heterocycles. The quantitative estimate of drug-likeness (QED) is 0.756. The number of nitrogens with zero attached hydrogens (tertiary/aromatic N) is 5. The maximum atomic E-state index is 10.9. The van der Waals surface area contributed by atoms with Gasteiger partial charge in [-0.15, -0.1) is 14.8 Å². The van der Waals surface area contributed by atoms with Gasteiger partial charge in [0.05, 0.1) is 12.7 Å². The molecule has 3 aromatic rings. The van der Waals surface area contributed by atoms with Crippen molar-refractivity contribution in [2.45, 2.75) is 0 Å². The molecule has 0 saturated carbocycles. The first kappa shape index (κ1) is 12.8. The van der Waals surface area contributed by atoms with Crippen LogP contribution in [0.5, 0.6) is 17.4 Å². The number of tetrazole rings is 1. The molecule has 3 rings (SSSR count). The minimum atomic E-state index is -1.05. The van der Waals surface area contributed by atoms with Crippen LogP contribution in [0, 0.1) is 0 Å². The number of aromatic carboxylic acids is 1. The second-order valence-electron chi connectivity index (χ2n) is 3.97. The van der Waals surface area contributed by atoms with Crippen molar-refractivity contribution in [1.82, 2.24) is 25.3 Å². The second-order valence-corrected chi connectivity index (χ2v) is 3.97. The second kappa shape index (κ2) is 5.04. The van der Waals surface area contributed by atoms with Gasteiger partial charge in [-0.05, 0) is 34.7 Å². The average Bonchev–Trinajstić information content (AvgIpc) is 2.95. The molecule has 0 saturated heterocycles. The Morgan fingerprint density at radius 2 is 2.10 bits per heavy atom. The van der Waals surface area contributed by atoms with Gasteiger partial charge in [0.2, 0.25) is 5.88 Å². The molecule has 0 amide bonds. The van der Waals surface area contributed by atoms with Crippen LogP contribution in [0.25, 0.3) is 5.65 Å². The Labute approximate surface area is 117 Å². The molecular formula is C12H9N5O4. The minimum Gasteiger partial charge on any atom is -0.493 e. The number of hydrogen-bond acceptors (Lipinski definition) is 7. The SMILES string of the molecule is COc1cc(C(=O)O)ccc1Oc1ccc2nnnn2n1. The highest BCUT2D eigenvalue weighted by atomic mass is 16.5. The zero-order valence-corrected chi connectivity index (χ0v) is 10.8. The Bertz CT molecular complexity index is 816. The van der Waals surface area contributed by atoms with Gasteiger partial charge in [-0.2, -0.15) is 0 Å². The molecule has 106 valence electrons. The van der Waals surface area contributed by atoms with Gasteiger partial charge in [0.15, 0.2) is 17.1 Å². The Morgan fingerprint density at radius 1 is 1.24 bits per heavy atom. The molecule has 0 unspecified atom stereocenters. The largest absolute Gasteiger partial charge is 0.493 e. The van der Waals surface area contributed by atoms with Gasteiger partial charge in [0, 0.05) is 6.07 Å². The summed E-state index contributed by atoms with van der Waals surface area (Å²) in [6.45, 7) is 0. The molecule has 0 atom stereocenters. The van der Waals surface area contributed by atoms with Crippen molar-refractivity contribution in [2.75, 3.05) is 7.11 Å². The normalized spacial score (nSPS) is 10.5. The predicted molar refractivity (Wildman–Crippen MR) is 68.6 cm³/mol. The zero-order chi connectivity index (χ0) is 14.8. The minimum absolute atomic E-state index is 0.100. The van der Waals surface area contributed by atoms with Crippen molar-refractivity contribution in [3.8, 4) is 17.4 Å². The van der Waals surface area contributed by atoms with Crippen LogP contribution in [0.1, 0.15) is 10.4 Å². The average molecular weight is 287 g/mol. The number of carboxylic acids is 1. The first-order valence-electron chi connectivity index (χ1n) is 5.82. The Morgan fingerprint density at radius 3 is 2.86 bits per heavy atom. The highest BCUT2D eigenvalue weighted by Crippen LogP contribution is 2.31. The summed E-state index contributed by atoms with van der Waals surface area (Å²) in [4.78, 5) is 10.9. The molecular weight excluding hydrogens is 278 g/mol. The molecule has 1 aromatic carbocycles. The van der Waals surface area contributed by atoms with Gasteiger partial charge in [0.25, 0.3) is 0 Å². The van der Waals surface area contributed by atoms with E-state index in [0.717, 1.165) is 0 Å². The van der Waals surface area contributed by atoms with Crippen LogP contribution >= 0.6 is 0 Å². The number of ether oxygens (including phenoxy) is 2. The van der Waals surface area contributed by atoms with E-state index < -0.39 is 5.97 Å². The van der Waals surface area contributed by atoms with Crippen LogP contribution in [0.2, 0.25) is 0 Å². The van der Waals surface area contributed by atoms with E-state index in [4.69, 9.17) is 14.6 Å². The van der Waals surface area contributed by atoms with Crippen LogP contribution in [-0.4, -0.2) is 43.4 Å². The number of rotatable bonds is 4. The number of methoxy groups -OCH3 is 1. The number of carbonyl (C=O) groups is 1. The van der Waals surface area contributed by atoms with Crippen molar-refractivity contribution >= 4 is 11.6 Å². The fourth-order valence-electron chi connectivity index (χ4n) is 1.69. The van der Waals surface area contributed by atoms with Crippen LogP contribution in [0.15, 0.2) is 30.3 Å². The summed E-state index contributed by atoms with van der Waals surface area (Å²) in [6.07, 6.45) is 0. The van der Waals surface area contributed by atoms with E-state index in [-0.39, 0.29) is 17.2 Å². The summed E-state index contributed by atoms with van der Waals surface area (Å²) >= 11 is 0. The fraction of sp³-hybridized carbons (Fsp3) is 0.0833. The summed E-state index contributed by atoms with van der Waals surface area (Å²) in [5, 5.41) is 23.8. The lowest BCUT2D eigenvalue weighted by Crippen LogP contribution is -2.00. The van der Waals surface area contributed by atoms with E-state index in [1.54, 1.807) is 12.1 Å². The van der Waals surface area contributed by atoms with E-state index in [0.29, 0.717) is 11.4 Å². The van der Waals surface area contributed by atoms with Crippen molar-refractivity contribution in [2.24, 2.45) is 0 Å². The van der Waals surface area contributed by atoms with Crippen molar-refractivity contribution in [3.05, 3.63) is 35.9 Å². The third-order valence-corrected chi connectivity index (χ3v) is 2.67. The van der Waals surface area contributed by atoms with Crippen LogP contribution in [0.4, 0.5) is 0 Å². The topological polar surface area (TPSA) is 112 Å². The zero-order valence-electron chi connectivity index (χ0n) is 10.8. The summed E-state index contributed by atoms with van der Waals surface area (Å²) in [5.41, 5.74) is 0.582. The van der Waals surface area contributed by atoms with E-state index in [1.165, 1.54) is 29.9 Å². The van der Waals surface area contributed by atoms with Gasteiger partial charge in [0.1, 0.15) is 0 Å². The highest BCUT2D eigenvalue weighted by molar-refractivity contribution is 5.88. The monoisotopic (exact) mass is 287 g/mol. The smallest absolute Gasteiger partial charge is 0.335 e. The molecule has 9 nitrogen and oxygen atoms in total. The first-order chi connectivity index (χ1) is 10.2. The molecule has 0 aliphatic heterocycles. The van der Waals surface area contributed by atoms with E-state index >= 15 is 0 Å². The molecule has 21 heavy (non-hydrogen) atoms. The molecule has 0 aliphatic rings. The molecule has 0 aliphatic carbocycles. The van der Waals surface area contributed by atoms with E-state index in [9.17, 15) is 4.79 Å². The summed E-state index contributed by atoms with van der Waals surface area (Å²) in [7, 11) is 1.42. The number of hydrogen-bond donors (Lipinski definition) is 1. The number of aromatic nitrogens is 5. The van der Waals surface area contributed by atoms with Gasteiger partial charge >= 0.3 is 5.97 Å².